The lowest BCUT2D eigenvalue weighted by atomic mass is 9.93. The minimum atomic E-state index is -0.130. The highest BCUT2D eigenvalue weighted by atomic mass is 32.1. The summed E-state index contributed by atoms with van der Waals surface area (Å²) < 4.78 is 11.3. The Balaban J connectivity index is 1.34. The monoisotopic (exact) mass is 372 g/mol. The summed E-state index contributed by atoms with van der Waals surface area (Å²) in [5.74, 6) is 1.33. The molecular weight excluding hydrogens is 348 g/mol. The Morgan fingerprint density at radius 3 is 2.96 bits per heavy atom. The van der Waals surface area contributed by atoms with Crippen molar-refractivity contribution in [3.63, 3.8) is 0 Å². The third-order valence-corrected chi connectivity index (χ3v) is 6.02. The molecule has 0 saturated carbocycles. The molecule has 1 aliphatic carbocycles. The predicted molar refractivity (Wildman–Crippen MR) is 102 cm³/mol. The third-order valence-electron chi connectivity index (χ3n) is 4.98. The van der Waals surface area contributed by atoms with Gasteiger partial charge in [0.25, 0.3) is 5.91 Å². The topological polar surface area (TPSA) is 60.5 Å². The summed E-state index contributed by atoms with van der Waals surface area (Å²) in [5, 5.41) is 3.64. The number of benzene rings is 1. The Hall–Kier alpha value is -1.92. The van der Waals surface area contributed by atoms with Crippen LogP contribution in [0.5, 0.6) is 5.75 Å². The van der Waals surface area contributed by atoms with Gasteiger partial charge in [-0.05, 0) is 62.3 Å². The van der Waals surface area contributed by atoms with E-state index in [4.69, 9.17) is 9.47 Å². The second kappa shape index (κ2) is 7.76. The van der Waals surface area contributed by atoms with Crippen molar-refractivity contribution in [2.45, 2.75) is 45.1 Å². The van der Waals surface area contributed by atoms with Crippen LogP contribution in [0.25, 0.3) is 0 Å². The molecule has 0 bridgehead atoms. The zero-order valence-electron chi connectivity index (χ0n) is 15.0. The normalized spacial score (nSPS) is 22.0. The summed E-state index contributed by atoms with van der Waals surface area (Å²) >= 11 is 1.61. The number of carbonyl (C=O) groups is 1. The molecule has 1 saturated heterocycles. The van der Waals surface area contributed by atoms with Gasteiger partial charge in [-0.25, -0.2) is 4.98 Å². The highest BCUT2D eigenvalue weighted by molar-refractivity contribution is 7.15. The quantitative estimate of drug-likeness (QED) is 0.859. The summed E-state index contributed by atoms with van der Waals surface area (Å²) in [6.07, 6.45) is 5.61. The number of hydrogen-bond acceptors (Lipinski definition) is 5. The Morgan fingerprint density at radius 2 is 2.19 bits per heavy atom. The van der Waals surface area contributed by atoms with Gasteiger partial charge in [-0.2, -0.15) is 0 Å². The van der Waals surface area contributed by atoms with Crippen molar-refractivity contribution in [1.82, 2.24) is 4.98 Å². The second-order valence-corrected chi connectivity index (χ2v) is 8.25. The van der Waals surface area contributed by atoms with Crippen molar-refractivity contribution in [3.8, 4) is 5.75 Å². The summed E-state index contributed by atoms with van der Waals surface area (Å²) in [6.45, 7) is 3.66. The van der Waals surface area contributed by atoms with Gasteiger partial charge >= 0.3 is 0 Å². The number of amides is 1. The van der Waals surface area contributed by atoms with E-state index in [-0.39, 0.29) is 12.0 Å². The number of nitrogens with one attached hydrogen (secondary N) is 1. The second-order valence-electron chi connectivity index (χ2n) is 7.16. The molecular formula is C20H24N2O3S. The Kier molecular flexibility index (Phi) is 5.22. The molecule has 0 unspecified atom stereocenters. The van der Waals surface area contributed by atoms with E-state index < -0.39 is 0 Å². The molecule has 26 heavy (non-hydrogen) atoms. The minimum absolute atomic E-state index is 0.130. The van der Waals surface area contributed by atoms with E-state index in [1.165, 1.54) is 11.3 Å². The summed E-state index contributed by atoms with van der Waals surface area (Å²) in [5.41, 5.74) is 1.76. The maximum absolute atomic E-state index is 12.5. The first kappa shape index (κ1) is 17.5. The van der Waals surface area contributed by atoms with E-state index in [9.17, 15) is 4.79 Å². The molecule has 1 amide bonds. The number of aryl methyl sites for hydroxylation is 1. The van der Waals surface area contributed by atoms with Crippen LogP contribution in [0.3, 0.4) is 0 Å². The number of rotatable bonds is 5. The number of anilines is 1. The van der Waals surface area contributed by atoms with E-state index in [2.05, 4.69) is 17.2 Å². The molecule has 2 atom stereocenters. The average Bonchev–Trinajstić information content (AvgIpc) is 3.29. The molecule has 5 nitrogen and oxygen atoms in total. The number of hydrogen-bond donors (Lipinski definition) is 1. The van der Waals surface area contributed by atoms with Gasteiger partial charge in [-0.15, -0.1) is 11.3 Å². The van der Waals surface area contributed by atoms with Gasteiger partial charge in [0.2, 0.25) is 0 Å². The summed E-state index contributed by atoms with van der Waals surface area (Å²) in [7, 11) is 0. The fourth-order valence-corrected chi connectivity index (χ4v) is 4.60. The van der Waals surface area contributed by atoms with Crippen molar-refractivity contribution in [1.29, 1.82) is 0 Å². The van der Waals surface area contributed by atoms with Crippen LogP contribution in [0.2, 0.25) is 0 Å². The third kappa shape index (κ3) is 4.07. The number of carbonyl (C=O) groups excluding carboxylic acids is 1. The van der Waals surface area contributed by atoms with E-state index in [1.807, 2.05) is 12.1 Å². The Morgan fingerprint density at radius 1 is 1.35 bits per heavy atom. The van der Waals surface area contributed by atoms with E-state index in [0.29, 0.717) is 23.2 Å². The van der Waals surface area contributed by atoms with Crippen molar-refractivity contribution in [2.24, 2.45) is 5.92 Å². The number of aromatic nitrogens is 1. The van der Waals surface area contributed by atoms with Crippen LogP contribution < -0.4 is 10.1 Å². The molecule has 0 spiro atoms. The van der Waals surface area contributed by atoms with Crippen LogP contribution in [0.4, 0.5) is 5.13 Å². The fourth-order valence-electron chi connectivity index (χ4n) is 3.43. The fraction of sp³-hybridized carbons (Fsp3) is 0.500. The largest absolute Gasteiger partial charge is 0.491 e. The first-order chi connectivity index (χ1) is 12.7. The van der Waals surface area contributed by atoms with Crippen LogP contribution in [-0.4, -0.2) is 30.2 Å². The predicted octanol–water partition coefficient (Wildman–Crippen LogP) is 4.08. The maximum Gasteiger partial charge on any atom is 0.257 e. The van der Waals surface area contributed by atoms with Crippen molar-refractivity contribution >= 4 is 22.4 Å². The molecule has 2 heterocycles. The zero-order valence-corrected chi connectivity index (χ0v) is 15.8. The first-order valence-corrected chi connectivity index (χ1v) is 10.1. The summed E-state index contributed by atoms with van der Waals surface area (Å²) in [6, 6.07) is 7.24. The smallest absolute Gasteiger partial charge is 0.257 e. The van der Waals surface area contributed by atoms with Crippen LogP contribution in [0, 0.1) is 5.92 Å². The van der Waals surface area contributed by atoms with E-state index >= 15 is 0 Å². The number of thiazole rings is 1. The molecule has 1 aliphatic heterocycles. The molecule has 6 heteroatoms. The average molecular weight is 372 g/mol. The van der Waals surface area contributed by atoms with Gasteiger partial charge in [-0.3, -0.25) is 10.1 Å². The number of fused-ring (bicyclic) bond motifs is 1. The maximum atomic E-state index is 12.5. The van der Waals surface area contributed by atoms with Crippen molar-refractivity contribution in [2.75, 3.05) is 18.5 Å². The molecule has 1 aromatic carbocycles. The van der Waals surface area contributed by atoms with Gasteiger partial charge < -0.3 is 9.47 Å². The van der Waals surface area contributed by atoms with E-state index in [0.717, 1.165) is 43.7 Å². The van der Waals surface area contributed by atoms with Crippen LogP contribution in [-0.2, 0) is 17.6 Å². The van der Waals surface area contributed by atoms with Crippen LogP contribution in [0.15, 0.2) is 24.3 Å². The Bertz CT molecular complexity index is 766. The molecule has 0 radical (unpaired) electrons. The zero-order chi connectivity index (χ0) is 17.9. The molecule has 1 N–H and O–H groups in total. The van der Waals surface area contributed by atoms with Gasteiger partial charge in [0, 0.05) is 17.0 Å². The molecule has 4 rings (SSSR count). The van der Waals surface area contributed by atoms with Gasteiger partial charge in [0.15, 0.2) is 5.13 Å². The van der Waals surface area contributed by atoms with Gasteiger partial charge in [-0.1, -0.05) is 6.92 Å². The van der Waals surface area contributed by atoms with Gasteiger partial charge in [0.1, 0.15) is 12.4 Å². The van der Waals surface area contributed by atoms with Crippen LogP contribution in [0.1, 0.15) is 47.1 Å². The standard InChI is InChI=1S/C20H24N2O3S/c1-13-4-9-17-18(11-13)26-20(21-17)22-19(23)14-5-7-15(8-6-14)25-12-16-3-2-10-24-16/h5-8,13,16H,2-4,9-12H2,1H3,(H,21,22,23)/t13-,16+/m0/s1. The molecule has 2 aliphatic rings. The number of ether oxygens (including phenoxy) is 2. The molecule has 1 fully saturated rings. The molecule has 1 aromatic heterocycles. The van der Waals surface area contributed by atoms with Crippen LogP contribution >= 0.6 is 11.3 Å². The van der Waals surface area contributed by atoms with Crippen molar-refractivity contribution in [3.05, 3.63) is 40.4 Å². The highest BCUT2D eigenvalue weighted by Gasteiger charge is 2.21. The SMILES string of the molecule is C[C@H]1CCc2nc(NC(=O)c3ccc(OC[C@H]4CCCO4)cc3)sc2C1. The van der Waals surface area contributed by atoms with E-state index in [1.54, 1.807) is 23.5 Å². The lowest BCUT2D eigenvalue weighted by Crippen LogP contribution is -2.16. The molecule has 2 aromatic rings. The highest BCUT2D eigenvalue weighted by Crippen LogP contribution is 2.32. The lowest BCUT2D eigenvalue weighted by Gasteiger charge is -2.15. The molecule has 138 valence electrons. The number of nitrogens with zero attached hydrogens (tertiary/aromatic N) is 1. The summed E-state index contributed by atoms with van der Waals surface area (Å²) in [4.78, 5) is 18.4. The first-order valence-electron chi connectivity index (χ1n) is 9.32. The van der Waals surface area contributed by atoms with Gasteiger partial charge in [0.05, 0.1) is 11.8 Å². The Labute approximate surface area is 157 Å². The van der Waals surface area contributed by atoms with Crippen molar-refractivity contribution < 1.29 is 14.3 Å². The lowest BCUT2D eigenvalue weighted by molar-refractivity contribution is 0.0679. The minimum Gasteiger partial charge on any atom is -0.491 e.